The van der Waals surface area contributed by atoms with Crippen LogP contribution in [0.15, 0.2) is 42.9 Å². The minimum atomic E-state index is -0.522. The van der Waals surface area contributed by atoms with Gasteiger partial charge in [-0.3, -0.25) is 10.1 Å². The summed E-state index contributed by atoms with van der Waals surface area (Å²) in [5.41, 5.74) is 9.08. The Balaban J connectivity index is 1.30. The molecule has 27 heavy (non-hydrogen) atoms. The summed E-state index contributed by atoms with van der Waals surface area (Å²) in [7, 11) is 0. The topological polar surface area (TPSA) is 133 Å². The molecule has 4 heterocycles. The summed E-state index contributed by atoms with van der Waals surface area (Å²) in [5.74, 6) is 2.42. The summed E-state index contributed by atoms with van der Waals surface area (Å²) >= 11 is 0. The van der Waals surface area contributed by atoms with Crippen LogP contribution in [0.1, 0.15) is 36.3 Å². The Kier molecular flexibility index (Phi) is 3.72. The Morgan fingerprint density at radius 1 is 1.15 bits per heavy atom. The fourth-order valence-electron chi connectivity index (χ4n) is 2.98. The van der Waals surface area contributed by atoms with E-state index in [1.165, 1.54) is 12.8 Å². The zero-order valence-corrected chi connectivity index (χ0v) is 14.5. The van der Waals surface area contributed by atoms with Crippen LogP contribution < -0.4 is 16.4 Å². The number of hydrogen-bond donors (Lipinski definition) is 5. The number of nitrogens with zero attached hydrogens (tertiary/aromatic N) is 4. The first-order valence-corrected chi connectivity index (χ1v) is 8.85. The van der Waals surface area contributed by atoms with Crippen LogP contribution in [-0.2, 0) is 0 Å². The van der Waals surface area contributed by atoms with Crippen LogP contribution in [-0.4, -0.2) is 30.1 Å². The molecular weight excluding hydrogens is 342 g/mol. The van der Waals surface area contributed by atoms with Gasteiger partial charge in [0.1, 0.15) is 12.0 Å². The van der Waals surface area contributed by atoms with E-state index in [0.29, 0.717) is 23.4 Å². The molecule has 4 aromatic heterocycles. The highest BCUT2D eigenvalue weighted by atomic mass is 15.2. The molecule has 9 nitrogen and oxygen atoms in total. The van der Waals surface area contributed by atoms with Crippen LogP contribution in [0.3, 0.4) is 0 Å². The van der Waals surface area contributed by atoms with Gasteiger partial charge in [-0.25, -0.2) is 4.98 Å². The molecule has 4 aromatic rings. The van der Waals surface area contributed by atoms with Crippen molar-refractivity contribution >= 4 is 28.5 Å². The second kappa shape index (κ2) is 6.36. The summed E-state index contributed by atoms with van der Waals surface area (Å²) in [6.07, 6.45) is 7.23. The molecule has 0 aliphatic heterocycles. The number of nitrogens with two attached hydrogens (primary N) is 1. The molecule has 9 heteroatoms. The zero-order chi connectivity index (χ0) is 18.2. The first kappa shape index (κ1) is 15.8. The lowest BCUT2D eigenvalue weighted by Crippen LogP contribution is -2.22. The molecule has 6 N–H and O–H groups in total. The second-order valence-electron chi connectivity index (χ2n) is 6.67. The van der Waals surface area contributed by atoms with Crippen LogP contribution in [0.25, 0.3) is 10.9 Å². The van der Waals surface area contributed by atoms with Crippen LogP contribution in [0, 0.1) is 0 Å². The number of aromatic amines is 2. The molecule has 0 spiro atoms. The molecule has 1 aliphatic rings. The first-order chi connectivity index (χ1) is 13.2. The van der Waals surface area contributed by atoms with Gasteiger partial charge in [-0.05, 0) is 31.0 Å². The average Bonchev–Trinajstić information content (AvgIpc) is 3.23. The Labute approximate surface area is 154 Å². The highest BCUT2D eigenvalue weighted by Crippen LogP contribution is 2.39. The van der Waals surface area contributed by atoms with Gasteiger partial charge in [-0.2, -0.15) is 10.1 Å². The number of rotatable bonds is 6. The van der Waals surface area contributed by atoms with Gasteiger partial charge >= 0.3 is 0 Å². The van der Waals surface area contributed by atoms with E-state index in [1.807, 2.05) is 24.4 Å². The maximum atomic E-state index is 6.23. The number of pyridine rings is 1. The van der Waals surface area contributed by atoms with Crippen molar-refractivity contribution in [3.63, 3.8) is 0 Å². The van der Waals surface area contributed by atoms with Gasteiger partial charge in [0, 0.05) is 35.5 Å². The van der Waals surface area contributed by atoms with Crippen LogP contribution >= 0.6 is 0 Å². The Morgan fingerprint density at radius 2 is 2.07 bits per heavy atom. The van der Waals surface area contributed by atoms with Crippen molar-refractivity contribution in [1.82, 2.24) is 30.1 Å². The van der Waals surface area contributed by atoms with E-state index in [2.05, 4.69) is 40.8 Å². The SMILES string of the molecule is NC(Nc1nccc(Nc2cc(C3CC3)[nH]n2)n1)c1cc2cc[nH]c2cn1. The lowest BCUT2D eigenvalue weighted by Gasteiger charge is -2.14. The monoisotopic (exact) mass is 361 g/mol. The van der Waals surface area contributed by atoms with Gasteiger partial charge in [-0.1, -0.05) is 0 Å². The molecule has 1 saturated carbocycles. The Morgan fingerprint density at radius 3 is 2.96 bits per heavy atom. The van der Waals surface area contributed by atoms with Gasteiger partial charge in [0.15, 0.2) is 5.82 Å². The molecule has 0 aromatic carbocycles. The van der Waals surface area contributed by atoms with Crippen molar-refractivity contribution in [2.75, 3.05) is 10.6 Å². The van der Waals surface area contributed by atoms with E-state index in [0.717, 1.165) is 22.4 Å². The predicted molar refractivity (Wildman–Crippen MR) is 103 cm³/mol. The standard InChI is InChI=1S/C18H19N9/c19-17(13-7-11-3-5-20-14(11)9-22-13)25-18-21-6-4-15(24-18)23-16-8-12(26-27-16)10-1-2-10/h3-10,17,20H,1-2,19H2,(H3,21,23,24,25,26,27). The van der Waals surface area contributed by atoms with Crippen LogP contribution in [0.2, 0.25) is 0 Å². The lowest BCUT2D eigenvalue weighted by atomic mass is 10.2. The third kappa shape index (κ3) is 3.32. The fraction of sp³-hybridized carbons (Fsp3) is 0.222. The molecule has 1 fully saturated rings. The minimum Gasteiger partial charge on any atom is -0.360 e. The highest BCUT2D eigenvalue weighted by molar-refractivity contribution is 5.78. The van der Waals surface area contributed by atoms with Crippen molar-refractivity contribution < 1.29 is 0 Å². The number of nitrogens with one attached hydrogen (secondary N) is 4. The van der Waals surface area contributed by atoms with Crippen molar-refractivity contribution in [3.8, 4) is 0 Å². The quantitative estimate of drug-likeness (QED) is 0.333. The molecule has 0 radical (unpaired) electrons. The molecule has 136 valence electrons. The van der Waals surface area contributed by atoms with E-state index in [-0.39, 0.29) is 0 Å². The molecule has 1 atom stereocenters. The van der Waals surface area contributed by atoms with Crippen molar-refractivity contribution in [3.05, 3.63) is 54.2 Å². The molecule has 1 unspecified atom stereocenters. The van der Waals surface area contributed by atoms with E-state index in [1.54, 1.807) is 18.5 Å². The van der Waals surface area contributed by atoms with E-state index in [9.17, 15) is 0 Å². The molecule has 0 bridgehead atoms. The van der Waals surface area contributed by atoms with Crippen molar-refractivity contribution in [1.29, 1.82) is 0 Å². The summed E-state index contributed by atoms with van der Waals surface area (Å²) in [6.45, 7) is 0. The molecular formula is C18H19N9. The summed E-state index contributed by atoms with van der Waals surface area (Å²) < 4.78 is 0. The van der Waals surface area contributed by atoms with Gasteiger partial charge < -0.3 is 21.4 Å². The second-order valence-corrected chi connectivity index (χ2v) is 6.67. The highest BCUT2D eigenvalue weighted by Gasteiger charge is 2.25. The number of fused-ring (bicyclic) bond motifs is 1. The van der Waals surface area contributed by atoms with Crippen LogP contribution in [0.4, 0.5) is 17.6 Å². The van der Waals surface area contributed by atoms with Gasteiger partial charge in [0.2, 0.25) is 5.95 Å². The van der Waals surface area contributed by atoms with Crippen molar-refractivity contribution in [2.24, 2.45) is 5.73 Å². The Hall–Kier alpha value is -3.46. The summed E-state index contributed by atoms with van der Waals surface area (Å²) in [5, 5.41) is 14.7. The van der Waals surface area contributed by atoms with Gasteiger partial charge in [0.05, 0.1) is 17.4 Å². The summed E-state index contributed by atoms with van der Waals surface area (Å²) in [6, 6.07) is 7.73. The Bertz CT molecular complexity index is 1080. The van der Waals surface area contributed by atoms with Crippen LogP contribution in [0.5, 0.6) is 0 Å². The zero-order valence-electron chi connectivity index (χ0n) is 14.5. The number of hydrogen-bond acceptors (Lipinski definition) is 7. The minimum absolute atomic E-state index is 0.418. The first-order valence-electron chi connectivity index (χ1n) is 8.85. The third-order valence-electron chi connectivity index (χ3n) is 4.59. The number of H-pyrrole nitrogens is 2. The molecule has 0 amide bonds. The normalized spacial score (nSPS) is 15.0. The maximum Gasteiger partial charge on any atom is 0.226 e. The predicted octanol–water partition coefficient (Wildman–Crippen LogP) is 2.77. The van der Waals surface area contributed by atoms with E-state index >= 15 is 0 Å². The number of aromatic nitrogens is 6. The van der Waals surface area contributed by atoms with Crippen molar-refractivity contribution in [2.45, 2.75) is 24.9 Å². The third-order valence-corrected chi connectivity index (χ3v) is 4.59. The number of anilines is 3. The smallest absolute Gasteiger partial charge is 0.226 e. The molecule has 0 saturated heterocycles. The van der Waals surface area contributed by atoms with Gasteiger partial charge in [-0.15, -0.1) is 0 Å². The summed E-state index contributed by atoms with van der Waals surface area (Å²) in [4.78, 5) is 16.2. The molecule has 5 rings (SSSR count). The average molecular weight is 361 g/mol. The lowest BCUT2D eigenvalue weighted by molar-refractivity contribution is 0.786. The van der Waals surface area contributed by atoms with Gasteiger partial charge in [0.25, 0.3) is 0 Å². The molecule has 1 aliphatic carbocycles. The maximum absolute atomic E-state index is 6.23. The fourth-order valence-corrected chi connectivity index (χ4v) is 2.98. The van der Waals surface area contributed by atoms with E-state index in [4.69, 9.17) is 5.73 Å². The van der Waals surface area contributed by atoms with E-state index < -0.39 is 6.17 Å². The largest absolute Gasteiger partial charge is 0.360 e.